The Balaban J connectivity index is 1.61. The first-order valence-corrected chi connectivity index (χ1v) is 11.0. The number of nitrogens with zero attached hydrogens (tertiary/aromatic N) is 5. The Bertz CT molecular complexity index is 991. The molecule has 2 aromatic heterocycles. The van der Waals surface area contributed by atoms with Gasteiger partial charge in [0.2, 0.25) is 5.91 Å². The van der Waals surface area contributed by atoms with Gasteiger partial charge >= 0.3 is 0 Å². The van der Waals surface area contributed by atoms with Crippen LogP contribution in [0.1, 0.15) is 19.8 Å². The van der Waals surface area contributed by atoms with Gasteiger partial charge in [0, 0.05) is 36.7 Å². The molecule has 1 fully saturated rings. The number of amides is 1. The van der Waals surface area contributed by atoms with E-state index in [9.17, 15) is 4.79 Å². The fraction of sp³-hybridized carbons (Fsp3) is 0.364. The highest BCUT2D eigenvalue weighted by molar-refractivity contribution is 7.99. The lowest BCUT2D eigenvalue weighted by molar-refractivity contribution is -0.130. The third-order valence-electron chi connectivity index (χ3n) is 5.22. The molecule has 0 unspecified atom stereocenters. The number of methoxy groups -OCH3 is 1. The van der Waals surface area contributed by atoms with Crippen molar-refractivity contribution in [2.24, 2.45) is 5.92 Å². The summed E-state index contributed by atoms with van der Waals surface area (Å²) in [6, 6.07) is 11.5. The summed E-state index contributed by atoms with van der Waals surface area (Å²) in [5, 5.41) is 9.47. The highest BCUT2D eigenvalue weighted by Gasteiger charge is 2.23. The maximum Gasteiger partial charge on any atom is 0.233 e. The Kier molecular flexibility index (Phi) is 6.32. The van der Waals surface area contributed by atoms with Crippen molar-refractivity contribution >= 4 is 17.7 Å². The second-order valence-electron chi connectivity index (χ2n) is 7.46. The van der Waals surface area contributed by atoms with Crippen molar-refractivity contribution < 1.29 is 9.53 Å². The zero-order valence-corrected chi connectivity index (χ0v) is 18.0. The zero-order chi connectivity index (χ0) is 20.9. The molecule has 1 aliphatic heterocycles. The fourth-order valence-electron chi connectivity index (χ4n) is 3.64. The fourth-order valence-corrected chi connectivity index (χ4v) is 4.50. The monoisotopic (exact) mass is 423 g/mol. The Morgan fingerprint density at radius 2 is 2.07 bits per heavy atom. The van der Waals surface area contributed by atoms with Crippen LogP contribution in [0, 0.1) is 5.92 Å². The summed E-state index contributed by atoms with van der Waals surface area (Å²) in [5.41, 5.74) is 1.77. The van der Waals surface area contributed by atoms with E-state index in [1.807, 2.05) is 45.9 Å². The average Bonchev–Trinajstić information content (AvgIpc) is 3.22. The standard InChI is InChI=1S/C22H25N5O2S/c1-16-5-4-12-26(14-16)20(28)15-30-22-25-24-21(17-6-3-11-23-13-17)27(22)18-7-9-19(29-2)10-8-18/h3,6-11,13,16H,4-5,12,14-15H2,1-2H3/t16-/m1/s1. The molecule has 0 aliphatic carbocycles. The number of hydrogen-bond acceptors (Lipinski definition) is 6. The molecule has 1 amide bonds. The van der Waals surface area contributed by atoms with Crippen LogP contribution in [-0.4, -0.2) is 56.5 Å². The number of likely N-dealkylation sites (tertiary alicyclic amines) is 1. The van der Waals surface area contributed by atoms with Gasteiger partial charge < -0.3 is 9.64 Å². The summed E-state index contributed by atoms with van der Waals surface area (Å²) in [6.07, 6.45) is 5.76. The number of hydrogen-bond donors (Lipinski definition) is 0. The van der Waals surface area contributed by atoms with Gasteiger partial charge in [0.1, 0.15) is 5.75 Å². The predicted molar refractivity (Wildman–Crippen MR) is 117 cm³/mol. The van der Waals surface area contributed by atoms with Crippen molar-refractivity contribution in [1.82, 2.24) is 24.6 Å². The molecule has 1 aliphatic rings. The lowest BCUT2D eigenvalue weighted by Gasteiger charge is -2.30. The number of carbonyl (C=O) groups is 1. The zero-order valence-electron chi connectivity index (χ0n) is 17.2. The van der Waals surface area contributed by atoms with Crippen LogP contribution in [0.5, 0.6) is 5.75 Å². The number of piperidine rings is 1. The summed E-state index contributed by atoms with van der Waals surface area (Å²) >= 11 is 1.42. The third-order valence-corrected chi connectivity index (χ3v) is 6.13. The van der Waals surface area contributed by atoms with Gasteiger partial charge in [-0.2, -0.15) is 0 Å². The van der Waals surface area contributed by atoms with Crippen molar-refractivity contribution in [3.63, 3.8) is 0 Å². The Labute approximate surface area is 180 Å². The van der Waals surface area contributed by atoms with Gasteiger partial charge in [-0.05, 0) is 55.2 Å². The van der Waals surface area contributed by atoms with Crippen molar-refractivity contribution in [3.05, 3.63) is 48.8 Å². The molecule has 1 atom stereocenters. The number of thioether (sulfide) groups is 1. The molecule has 156 valence electrons. The SMILES string of the molecule is COc1ccc(-n2c(SCC(=O)N3CCC[C@@H](C)C3)nnc2-c2cccnc2)cc1. The molecule has 7 nitrogen and oxygen atoms in total. The van der Waals surface area contributed by atoms with Gasteiger partial charge in [-0.1, -0.05) is 18.7 Å². The normalized spacial score (nSPS) is 16.5. The summed E-state index contributed by atoms with van der Waals surface area (Å²) < 4.78 is 7.25. The lowest BCUT2D eigenvalue weighted by atomic mass is 10.0. The summed E-state index contributed by atoms with van der Waals surface area (Å²) in [7, 11) is 1.64. The van der Waals surface area contributed by atoms with Crippen LogP contribution in [0.3, 0.4) is 0 Å². The minimum Gasteiger partial charge on any atom is -0.497 e. The Morgan fingerprint density at radius 3 is 2.77 bits per heavy atom. The van der Waals surface area contributed by atoms with Crippen LogP contribution in [0.2, 0.25) is 0 Å². The topological polar surface area (TPSA) is 73.1 Å². The number of pyridine rings is 1. The van der Waals surface area contributed by atoms with E-state index in [0.29, 0.717) is 22.7 Å². The molecule has 3 heterocycles. The highest BCUT2D eigenvalue weighted by Crippen LogP contribution is 2.29. The molecule has 0 N–H and O–H groups in total. The van der Waals surface area contributed by atoms with Gasteiger partial charge in [0.05, 0.1) is 12.9 Å². The number of rotatable bonds is 6. The van der Waals surface area contributed by atoms with Crippen LogP contribution in [-0.2, 0) is 4.79 Å². The van der Waals surface area contributed by atoms with E-state index in [0.717, 1.165) is 36.5 Å². The van der Waals surface area contributed by atoms with Crippen LogP contribution in [0.4, 0.5) is 0 Å². The molecular formula is C22H25N5O2S. The first kappa shape index (κ1) is 20.4. The van der Waals surface area contributed by atoms with Crippen molar-refractivity contribution in [2.45, 2.75) is 24.9 Å². The van der Waals surface area contributed by atoms with Crippen LogP contribution in [0.25, 0.3) is 17.1 Å². The van der Waals surface area contributed by atoms with E-state index in [1.165, 1.54) is 18.2 Å². The van der Waals surface area contributed by atoms with Gasteiger partial charge in [0.15, 0.2) is 11.0 Å². The second-order valence-corrected chi connectivity index (χ2v) is 8.40. The van der Waals surface area contributed by atoms with E-state index in [-0.39, 0.29) is 5.91 Å². The summed E-state index contributed by atoms with van der Waals surface area (Å²) in [4.78, 5) is 18.9. The molecular weight excluding hydrogens is 398 g/mol. The lowest BCUT2D eigenvalue weighted by Crippen LogP contribution is -2.40. The van der Waals surface area contributed by atoms with Crippen molar-refractivity contribution in [1.29, 1.82) is 0 Å². The number of aromatic nitrogens is 4. The van der Waals surface area contributed by atoms with Crippen LogP contribution >= 0.6 is 11.8 Å². The van der Waals surface area contributed by atoms with Crippen molar-refractivity contribution in [2.75, 3.05) is 26.0 Å². The Morgan fingerprint density at radius 1 is 1.23 bits per heavy atom. The van der Waals surface area contributed by atoms with Crippen LogP contribution in [0.15, 0.2) is 53.9 Å². The molecule has 0 radical (unpaired) electrons. The number of benzene rings is 1. The van der Waals surface area contributed by atoms with E-state index < -0.39 is 0 Å². The minimum absolute atomic E-state index is 0.152. The molecule has 8 heteroatoms. The summed E-state index contributed by atoms with van der Waals surface area (Å²) in [5.74, 6) is 2.52. The van der Waals surface area contributed by atoms with E-state index >= 15 is 0 Å². The molecule has 1 aromatic carbocycles. The van der Waals surface area contributed by atoms with Gasteiger partial charge in [-0.15, -0.1) is 10.2 Å². The van der Waals surface area contributed by atoms with Gasteiger partial charge in [-0.25, -0.2) is 0 Å². The third kappa shape index (κ3) is 4.48. The van der Waals surface area contributed by atoms with Crippen molar-refractivity contribution in [3.8, 4) is 22.8 Å². The molecule has 0 saturated carbocycles. The molecule has 0 bridgehead atoms. The largest absolute Gasteiger partial charge is 0.497 e. The molecule has 1 saturated heterocycles. The van der Waals surface area contributed by atoms with Gasteiger partial charge in [0.25, 0.3) is 0 Å². The summed E-state index contributed by atoms with van der Waals surface area (Å²) in [6.45, 7) is 3.88. The highest BCUT2D eigenvalue weighted by atomic mass is 32.2. The Hall–Kier alpha value is -2.87. The van der Waals surface area contributed by atoms with E-state index in [2.05, 4.69) is 22.1 Å². The van der Waals surface area contributed by atoms with Gasteiger partial charge in [-0.3, -0.25) is 14.3 Å². The maximum absolute atomic E-state index is 12.7. The number of carbonyl (C=O) groups excluding carboxylic acids is 1. The van der Waals surface area contributed by atoms with E-state index in [1.54, 1.807) is 19.5 Å². The molecule has 4 rings (SSSR count). The average molecular weight is 424 g/mol. The van der Waals surface area contributed by atoms with Crippen LogP contribution < -0.4 is 4.74 Å². The first-order valence-electron chi connectivity index (χ1n) is 10.1. The maximum atomic E-state index is 12.7. The minimum atomic E-state index is 0.152. The number of ether oxygens (including phenoxy) is 1. The first-order chi connectivity index (χ1) is 14.7. The van der Waals surface area contributed by atoms with E-state index in [4.69, 9.17) is 4.74 Å². The predicted octanol–water partition coefficient (Wildman–Crippen LogP) is 3.69. The molecule has 30 heavy (non-hydrogen) atoms. The molecule has 3 aromatic rings. The second kappa shape index (κ2) is 9.30. The quantitative estimate of drug-likeness (QED) is 0.563. The molecule has 0 spiro atoms. The smallest absolute Gasteiger partial charge is 0.233 e.